The molecule has 0 aliphatic rings. The minimum Gasteiger partial charge on any atom is -0.454 e. The van der Waals surface area contributed by atoms with Crippen LogP contribution in [0.5, 0.6) is 0 Å². The van der Waals surface area contributed by atoms with Crippen LogP contribution < -0.4 is 14.7 Å². The van der Waals surface area contributed by atoms with Crippen molar-refractivity contribution in [3.63, 3.8) is 0 Å². The van der Waals surface area contributed by atoms with Gasteiger partial charge in [0.05, 0.1) is 34.1 Å². The van der Waals surface area contributed by atoms with Crippen molar-refractivity contribution >= 4 is 137 Å². The first-order valence-electron chi connectivity index (χ1n) is 23.6. The fourth-order valence-corrected chi connectivity index (χ4v) is 11.6. The van der Waals surface area contributed by atoms with Crippen LogP contribution in [0.1, 0.15) is 0 Å². The maximum atomic E-state index is 6.86. The number of para-hydroxylation sites is 6. The molecule has 14 aromatic rings. The molecule has 0 saturated heterocycles. The van der Waals surface area contributed by atoms with Gasteiger partial charge in [0.1, 0.15) is 11.2 Å². The zero-order valence-electron chi connectivity index (χ0n) is 37.7. The normalized spacial score (nSPS) is 11.7. The highest BCUT2D eigenvalue weighted by Crippen LogP contribution is 2.51. The summed E-state index contributed by atoms with van der Waals surface area (Å²) in [5.74, 6) is 0. The van der Waals surface area contributed by atoms with E-state index in [1.54, 1.807) is 0 Å². The average Bonchev–Trinajstić information content (AvgIpc) is 4.12. The molecule has 330 valence electrons. The first kappa shape index (κ1) is 40.0. The van der Waals surface area contributed by atoms with Crippen molar-refractivity contribution in [3.05, 3.63) is 249 Å². The van der Waals surface area contributed by atoms with Crippen molar-refractivity contribution in [1.82, 2.24) is 0 Å². The summed E-state index contributed by atoms with van der Waals surface area (Å²) in [4.78, 5) is 7.14. The molecule has 0 aliphatic heterocycles. The Morgan fingerprint density at radius 3 is 1.29 bits per heavy atom. The molecule has 11 aromatic carbocycles. The molecule has 0 unspecified atom stereocenters. The molecular formula is C64H41N3O2S. The predicted octanol–water partition coefficient (Wildman–Crippen LogP) is 19.4. The highest BCUT2D eigenvalue weighted by atomic mass is 32.1. The lowest BCUT2D eigenvalue weighted by atomic mass is 10.0. The first-order chi connectivity index (χ1) is 34.7. The highest BCUT2D eigenvalue weighted by Gasteiger charge is 2.27. The Morgan fingerprint density at radius 1 is 0.257 bits per heavy atom. The number of thiophene rings is 1. The number of fused-ring (bicyclic) bond motifs is 10. The van der Waals surface area contributed by atoms with Crippen LogP contribution in [-0.4, -0.2) is 0 Å². The number of hydrogen-bond acceptors (Lipinski definition) is 6. The summed E-state index contributed by atoms with van der Waals surface area (Å²) in [7, 11) is 0. The molecule has 0 bridgehead atoms. The Balaban J connectivity index is 1.11. The van der Waals surface area contributed by atoms with E-state index in [1.807, 2.05) is 23.5 Å². The zero-order chi connectivity index (χ0) is 46.1. The molecule has 3 heterocycles. The SMILES string of the molecule is c1ccc(N(c2cc(N(c3ccc4sc5ccccc5c4c3)c3cccc4ccccc34)cc(N(c3ccccc3)c3cccc4c3oc3ccccc34)c2)c2cccc3c2oc2ccccc23)cc1. The highest BCUT2D eigenvalue weighted by molar-refractivity contribution is 7.25. The van der Waals surface area contributed by atoms with Crippen LogP contribution in [0.2, 0.25) is 0 Å². The molecule has 0 aliphatic carbocycles. The standard InChI is InChI=1S/C64H41N3O2S/c1-3-20-43(21-4-1)65(57-31-16-28-53-50-25-9-12-33-59(50)68-63(53)57)46-38-47(66(44-22-5-2-6-23-44)58-32-17-29-54-51-26-10-13-34-60(51)69-64(54)58)40-48(39-46)67(56-30-15-19-42-18-7-8-24-49(42)56)45-36-37-62-55(41-45)52-27-11-14-35-61(52)70-62/h1-41H. The maximum absolute atomic E-state index is 6.86. The van der Waals surface area contributed by atoms with Gasteiger partial charge in [0.25, 0.3) is 0 Å². The van der Waals surface area contributed by atoms with Crippen LogP contribution in [0.3, 0.4) is 0 Å². The third kappa shape index (κ3) is 6.53. The molecule has 3 aromatic heterocycles. The van der Waals surface area contributed by atoms with Crippen molar-refractivity contribution in [2.75, 3.05) is 14.7 Å². The van der Waals surface area contributed by atoms with E-state index in [0.717, 1.165) is 106 Å². The minimum absolute atomic E-state index is 0.812. The van der Waals surface area contributed by atoms with E-state index >= 15 is 0 Å². The zero-order valence-corrected chi connectivity index (χ0v) is 38.6. The van der Waals surface area contributed by atoms with Gasteiger partial charge in [-0.25, -0.2) is 0 Å². The third-order valence-electron chi connectivity index (χ3n) is 13.6. The Hall–Kier alpha value is -9.10. The van der Waals surface area contributed by atoms with Gasteiger partial charge in [-0.05, 0) is 102 Å². The number of anilines is 9. The summed E-state index contributed by atoms with van der Waals surface area (Å²) in [6.45, 7) is 0. The fourth-order valence-electron chi connectivity index (χ4n) is 10.5. The van der Waals surface area contributed by atoms with E-state index < -0.39 is 0 Å². The monoisotopic (exact) mass is 915 g/mol. The molecular weight excluding hydrogens is 875 g/mol. The van der Waals surface area contributed by atoms with Crippen LogP contribution in [0, 0.1) is 0 Å². The van der Waals surface area contributed by atoms with Crippen LogP contribution in [-0.2, 0) is 0 Å². The topological polar surface area (TPSA) is 36.0 Å². The Bertz CT molecular complexity index is 4110. The van der Waals surface area contributed by atoms with Gasteiger partial charge in [0.2, 0.25) is 0 Å². The second kappa shape index (κ2) is 16.3. The van der Waals surface area contributed by atoms with E-state index in [-0.39, 0.29) is 0 Å². The Labute approximate surface area is 407 Å². The van der Waals surface area contributed by atoms with Crippen LogP contribution in [0.25, 0.3) is 74.8 Å². The van der Waals surface area contributed by atoms with Gasteiger partial charge >= 0.3 is 0 Å². The van der Waals surface area contributed by atoms with Gasteiger partial charge in [-0.2, -0.15) is 0 Å². The lowest BCUT2D eigenvalue weighted by molar-refractivity contribution is 0.669. The van der Waals surface area contributed by atoms with Crippen LogP contribution in [0.4, 0.5) is 51.2 Å². The van der Waals surface area contributed by atoms with Gasteiger partial charge in [0.15, 0.2) is 11.2 Å². The Morgan fingerprint density at radius 2 is 0.686 bits per heavy atom. The third-order valence-corrected chi connectivity index (χ3v) is 14.7. The number of hydrogen-bond donors (Lipinski definition) is 0. The van der Waals surface area contributed by atoms with Crippen molar-refractivity contribution in [2.24, 2.45) is 0 Å². The summed E-state index contributed by atoms with van der Waals surface area (Å²) >= 11 is 1.83. The van der Waals surface area contributed by atoms with Gasteiger partial charge in [0, 0.05) is 64.2 Å². The summed E-state index contributed by atoms with van der Waals surface area (Å²) in [5.41, 5.74) is 12.1. The van der Waals surface area contributed by atoms with Gasteiger partial charge in [-0.15, -0.1) is 11.3 Å². The molecule has 0 radical (unpaired) electrons. The predicted molar refractivity (Wildman–Crippen MR) is 295 cm³/mol. The van der Waals surface area contributed by atoms with E-state index in [4.69, 9.17) is 8.83 Å². The molecule has 0 fully saturated rings. The first-order valence-corrected chi connectivity index (χ1v) is 24.4. The lowest BCUT2D eigenvalue weighted by Gasteiger charge is -2.33. The molecule has 5 nitrogen and oxygen atoms in total. The van der Waals surface area contributed by atoms with Crippen LogP contribution >= 0.6 is 11.3 Å². The van der Waals surface area contributed by atoms with Crippen molar-refractivity contribution in [3.8, 4) is 0 Å². The summed E-state index contributed by atoms with van der Waals surface area (Å²) < 4.78 is 16.2. The lowest BCUT2D eigenvalue weighted by Crippen LogP contribution is -2.16. The second-order valence-corrected chi connectivity index (χ2v) is 18.7. The largest absolute Gasteiger partial charge is 0.454 e. The molecule has 0 amide bonds. The molecule has 0 saturated carbocycles. The summed E-state index contributed by atoms with van der Waals surface area (Å²) in [5, 5.41) is 9.05. The van der Waals surface area contributed by atoms with E-state index in [2.05, 4.69) is 251 Å². The number of rotatable bonds is 9. The molecule has 0 spiro atoms. The van der Waals surface area contributed by atoms with Crippen LogP contribution in [0.15, 0.2) is 258 Å². The smallest absolute Gasteiger partial charge is 0.159 e. The van der Waals surface area contributed by atoms with Gasteiger partial charge in [-0.3, -0.25) is 0 Å². The molecule has 0 atom stereocenters. The number of benzene rings is 11. The molecule has 6 heteroatoms. The average molecular weight is 916 g/mol. The van der Waals surface area contributed by atoms with Crippen molar-refractivity contribution < 1.29 is 8.83 Å². The maximum Gasteiger partial charge on any atom is 0.159 e. The van der Waals surface area contributed by atoms with E-state index in [9.17, 15) is 0 Å². The number of furan rings is 2. The molecule has 0 N–H and O–H groups in total. The fraction of sp³-hybridized carbons (Fsp3) is 0. The van der Waals surface area contributed by atoms with E-state index in [0.29, 0.717) is 0 Å². The summed E-state index contributed by atoms with van der Waals surface area (Å²) in [6.07, 6.45) is 0. The minimum atomic E-state index is 0.812. The van der Waals surface area contributed by atoms with Crippen molar-refractivity contribution in [1.29, 1.82) is 0 Å². The Kier molecular flexibility index (Phi) is 9.32. The van der Waals surface area contributed by atoms with E-state index in [1.165, 1.54) is 20.2 Å². The number of nitrogens with zero attached hydrogens (tertiary/aromatic N) is 3. The molecule has 14 rings (SSSR count). The van der Waals surface area contributed by atoms with Gasteiger partial charge in [-0.1, -0.05) is 152 Å². The summed E-state index contributed by atoms with van der Waals surface area (Å²) in [6, 6.07) is 88.8. The second-order valence-electron chi connectivity index (χ2n) is 17.7. The molecule has 70 heavy (non-hydrogen) atoms. The quantitative estimate of drug-likeness (QED) is 0.144. The van der Waals surface area contributed by atoms with Crippen molar-refractivity contribution in [2.45, 2.75) is 0 Å². The van der Waals surface area contributed by atoms with Gasteiger partial charge < -0.3 is 23.5 Å².